The second-order valence-corrected chi connectivity index (χ2v) is 3.74. The molecule has 0 aromatic carbocycles. The number of hydrogen-bond acceptors (Lipinski definition) is 4. The van der Waals surface area contributed by atoms with E-state index in [4.69, 9.17) is 0 Å². The fourth-order valence-electron chi connectivity index (χ4n) is 1.77. The molecule has 1 aliphatic carbocycles. The number of hydrogen-bond donors (Lipinski definition) is 0. The number of rotatable bonds is 3. The summed E-state index contributed by atoms with van der Waals surface area (Å²) in [6, 6.07) is 0. The molecule has 4 nitrogen and oxygen atoms in total. The highest BCUT2D eigenvalue weighted by atomic mass is 16.5. The second kappa shape index (κ2) is 5.49. The third-order valence-electron chi connectivity index (χ3n) is 2.72. The fraction of sp³-hybridized carbons (Fsp3) is 0.500. The normalized spacial score (nSPS) is 19.7. The molecule has 0 amide bonds. The molecule has 0 radical (unpaired) electrons. The van der Waals surface area contributed by atoms with Crippen molar-refractivity contribution in [3.63, 3.8) is 0 Å². The number of allylic oxidation sites excluding steroid dienone is 3. The molecule has 0 heterocycles. The van der Waals surface area contributed by atoms with Gasteiger partial charge in [0.05, 0.1) is 14.2 Å². The van der Waals surface area contributed by atoms with Gasteiger partial charge in [0.2, 0.25) is 0 Å². The van der Waals surface area contributed by atoms with Crippen LogP contribution in [0.25, 0.3) is 0 Å². The van der Waals surface area contributed by atoms with E-state index in [2.05, 4.69) is 16.1 Å². The molecule has 0 N–H and O–H groups in total. The summed E-state index contributed by atoms with van der Waals surface area (Å²) < 4.78 is 9.24. The molecule has 4 heteroatoms. The van der Waals surface area contributed by atoms with E-state index in [0.29, 0.717) is 6.42 Å². The minimum atomic E-state index is -0.862. The average molecular weight is 224 g/mol. The number of carbonyl (C=O) groups excluding carboxylic acids is 2. The van der Waals surface area contributed by atoms with Gasteiger partial charge in [0, 0.05) is 5.92 Å². The van der Waals surface area contributed by atoms with Crippen molar-refractivity contribution in [1.82, 2.24) is 0 Å². The first-order valence-corrected chi connectivity index (χ1v) is 5.11. The maximum absolute atomic E-state index is 11.5. The van der Waals surface area contributed by atoms with Gasteiger partial charge in [-0.3, -0.25) is 9.59 Å². The molecule has 0 aromatic heterocycles. The van der Waals surface area contributed by atoms with Crippen LogP contribution in [0.4, 0.5) is 0 Å². The maximum atomic E-state index is 11.5. The van der Waals surface area contributed by atoms with Crippen LogP contribution in [-0.2, 0) is 19.1 Å². The van der Waals surface area contributed by atoms with Crippen LogP contribution in [0.5, 0.6) is 0 Å². The third kappa shape index (κ3) is 2.72. The highest BCUT2D eigenvalue weighted by Crippen LogP contribution is 2.28. The van der Waals surface area contributed by atoms with Gasteiger partial charge in [-0.05, 0) is 12.8 Å². The second-order valence-electron chi connectivity index (χ2n) is 3.74. The largest absolute Gasteiger partial charge is 0.468 e. The zero-order valence-electron chi connectivity index (χ0n) is 9.56. The topological polar surface area (TPSA) is 52.6 Å². The maximum Gasteiger partial charge on any atom is 0.320 e. The molecule has 0 saturated heterocycles. The zero-order chi connectivity index (χ0) is 12.1. The smallest absolute Gasteiger partial charge is 0.320 e. The van der Waals surface area contributed by atoms with E-state index in [0.717, 1.165) is 12.0 Å². The van der Waals surface area contributed by atoms with Gasteiger partial charge in [0.1, 0.15) is 0 Å². The molecule has 0 fully saturated rings. The average Bonchev–Trinajstić information content (AvgIpc) is 2.31. The van der Waals surface area contributed by atoms with Crippen molar-refractivity contribution in [2.24, 2.45) is 11.8 Å². The summed E-state index contributed by atoms with van der Waals surface area (Å²) >= 11 is 0. The van der Waals surface area contributed by atoms with Gasteiger partial charge in [-0.15, -0.1) is 0 Å². The first-order chi connectivity index (χ1) is 7.60. The van der Waals surface area contributed by atoms with E-state index in [-0.39, 0.29) is 5.92 Å². The van der Waals surface area contributed by atoms with Gasteiger partial charge in [0.15, 0.2) is 5.92 Å². The number of methoxy groups -OCH3 is 2. The van der Waals surface area contributed by atoms with Crippen LogP contribution in [0.15, 0.2) is 24.3 Å². The first kappa shape index (κ1) is 12.5. The van der Waals surface area contributed by atoms with Crippen molar-refractivity contribution >= 4 is 11.9 Å². The van der Waals surface area contributed by atoms with E-state index < -0.39 is 17.9 Å². The van der Waals surface area contributed by atoms with Crippen molar-refractivity contribution < 1.29 is 19.1 Å². The summed E-state index contributed by atoms with van der Waals surface area (Å²) in [6.07, 6.45) is 5.16. The highest BCUT2D eigenvalue weighted by molar-refractivity contribution is 5.95. The van der Waals surface area contributed by atoms with E-state index in [1.54, 1.807) is 0 Å². The van der Waals surface area contributed by atoms with Gasteiger partial charge < -0.3 is 9.47 Å². The Morgan fingerprint density at radius 3 is 2.31 bits per heavy atom. The van der Waals surface area contributed by atoms with Crippen molar-refractivity contribution in [3.05, 3.63) is 24.3 Å². The Bertz CT molecular complexity index is 314. The summed E-state index contributed by atoms with van der Waals surface area (Å²) in [5.74, 6) is -2.12. The fourth-order valence-corrected chi connectivity index (χ4v) is 1.77. The molecular weight excluding hydrogens is 208 g/mol. The molecule has 0 aliphatic heterocycles. The molecule has 0 bridgehead atoms. The van der Waals surface area contributed by atoms with Gasteiger partial charge in [-0.25, -0.2) is 0 Å². The van der Waals surface area contributed by atoms with E-state index in [1.165, 1.54) is 14.2 Å². The van der Waals surface area contributed by atoms with E-state index in [1.807, 2.05) is 12.2 Å². The zero-order valence-corrected chi connectivity index (χ0v) is 9.56. The van der Waals surface area contributed by atoms with Crippen molar-refractivity contribution in [2.75, 3.05) is 14.2 Å². The molecule has 0 aromatic rings. The minimum absolute atomic E-state index is 0.162. The minimum Gasteiger partial charge on any atom is -0.468 e. The lowest BCUT2D eigenvalue weighted by molar-refractivity contribution is -0.160. The Balaban J connectivity index is 2.85. The SMILES string of the molecule is C=C1C=C[C@@H](C(C(=O)OC)C(=O)OC)CC1. The summed E-state index contributed by atoms with van der Waals surface area (Å²) in [6.45, 7) is 3.82. The summed E-state index contributed by atoms with van der Waals surface area (Å²) in [4.78, 5) is 23.0. The van der Waals surface area contributed by atoms with Crippen LogP contribution in [0.3, 0.4) is 0 Å². The number of ether oxygens (including phenoxy) is 2. The van der Waals surface area contributed by atoms with Crippen LogP contribution < -0.4 is 0 Å². The highest BCUT2D eigenvalue weighted by Gasteiger charge is 2.36. The molecule has 1 aliphatic rings. The molecule has 0 spiro atoms. The van der Waals surface area contributed by atoms with Crippen molar-refractivity contribution in [3.8, 4) is 0 Å². The van der Waals surface area contributed by atoms with Crippen LogP contribution >= 0.6 is 0 Å². The molecule has 88 valence electrons. The summed E-state index contributed by atoms with van der Waals surface area (Å²) in [7, 11) is 2.54. The van der Waals surface area contributed by atoms with E-state index in [9.17, 15) is 9.59 Å². The Morgan fingerprint density at radius 2 is 1.94 bits per heavy atom. The van der Waals surface area contributed by atoms with Crippen LogP contribution in [-0.4, -0.2) is 26.2 Å². The first-order valence-electron chi connectivity index (χ1n) is 5.11. The molecule has 16 heavy (non-hydrogen) atoms. The van der Waals surface area contributed by atoms with Gasteiger partial charge in [0.25, 0.3) is 0 Å². The predicted molar refractivity (Wildman–Crippen MR) is 58.5 cm³/mol. The summed E-state index contributed by atoms with van der Waals surface area (Å²) in [5.41, 5.74) is 1.00. The lowest BCUT2D eigenvalue weighted by atomic mass is 9.83. The van der Waals surface area contributed by atoms with Gasteiger partial charge in [-0.1, -0.05) is 24.3 Å². The van der Waals surface area contributed by atoms with Crippen LogP contribution in [0.1, 0.15) is 12.8 Å². The number of carbonyl (C=O) groups is 2. The standard InChI is InChI=1S/C12H16O4/c1-8-4-6-9(7-5-8)10(11(13)15-2)12(14)16-3/h4,6,9-10H,1,5,7H2,2-3H3/t9-/m1/s1. The summed E-state index contributed by atoms with van der Waals surface area (Å²) in [5, 5.41) is 0. The Morgan fingerprint density at radius 1 is 1.38 bits per heavy atom. The predicted octanol–water partition coefficient (Wildman–Crippen LogP) is 1.47. The Kier molecular flexibility index (Phi) is 4.28. The van der Waals surface area contributed by atoms with Crippen molar-refractivity contribution in [1.29, 1.82) is 0 Å². The van der Waals surface area contributed by atoms with Crippen molar-refractivity contribution in [2.45, 2.75) is 12.8 Å². The van der Waals surface area contributed by atoms with Crippen LogP contribution in [0.2, 0.25) is 0 Å². The van der Waals surface area contributed by atoms with Gasteiger partial charge in [-0.2, -0.15) is 0 Å². The Labute approximate surface area is 94.9 Å². The number of esters is 2. The molecule has 0 saturated carbocycles. The quantitative estimate of drug-likeness (QED) is 0.538. The molecular formula is C12H16O4. The lowest BCUT2D eigenvalue weighted by Gasteiger charge is -2.23. The molecule has 1 atom stereocenters. The molecule has 1 rings (SSSR count). The monoisotopic (exact) mass is 224 g/mol. The van der Waals surface area contributed by atoms with Gasteiger partial charge >= 0.3 is 11.9 Å². The molecule has 0 unspecified atom stereocenters. The Hall–Kier alpha value is -1.58. The van der Waals surface area contributed by atoms with E-state index >= 15 is 0 Å². The third-order valence-corrected chi connectivity index (χ3v) is 2.72. The lowest BCUT2D eigenvalue weighted by Crippen LogP contribution is -2.33. The van der Waals surface area contributed by atoms with Crippen LogP contribution in [0, 0.1) is 11.8 Å².